The van der Waals surface area contributed by atoms with Gasteiger partial charge in [0.05, 0.1) is 25.1 Å². The van der Waals surface area contributed by atoms with Crippen molar-refractivity contribution in [3.63, 3.8) is 0 Å². The van der Waals surface area contributed by atoms with Crippen LogP contribution in [-0.4, -0.2) is 29.7 Å². The molecule has 0 aliphatic rings. The summed E-state index contributed by atoms with van der Waals surface area (Å²) < 4.78 is 10.6. The number of ether oxygens (including phenoxy) is 2. The van der Waals surface area contributed by atoms with E-state index in [-0.39, 0.29) is 6.61 Å². The molecule has 0 saturated carbocycles. The van der Waals surface area contributed by atoms with Crippen molar-refractivity contribution in [3.8, 4) is 5.75 Å². The summed E-state index contributed by atoms with van der Waals surface area (Å²) in [6.07, 6.45) is 1.50. The van der Waals surface area contributed by atoms with E-state index >= 15 is 0 Å². The van der Waals surface area contributed by atoms with Crippen LogP contribution in [0.3, 0.4) is 0 Å². The van der Waals surface area contributed by atoms with E-state index in [1.54, 1.807) is 14.0 Å². The molecule has 0 aliphatic carbocycles. The van der Waals surface area contributed by atoms with Crippen LogP contribution in [0.5, 0.6) is 5.75 Å². The lowest BCUT2D eigenvalue weighted by atomic mass is 10.1. The Balaban J connectivity index is 2.20. The molecule has 0 bridgehead atoms. The minimum absolute atomic E-state index is 0.288. The topological polar surface area (TPSA) is 73.3 Å². The number of anilines is 2. The summed E-state index contributed by atoms with van der Waals surface area (Å²) in [6.45, 7) is 5.95. The first-order chi connectivity index (χ1) is 12.5. The molecule has 1 aromatic carbocycles. The molecule has 0 aliphatic heterocycles. The molecule has 0 radical (unpaired) electrons. The third-order valence-electron chi connectivity index (χ3n) is 3.98. The molecule has 0 fully saturated rings. The van der Waals surface area contributed by atoms with Crippen molar-refractivity contribution in [1.29, 1.82) is 0 Å². The molecule has 2 heterocycles. The van der Waals surface area contributed by atoms with Gasteiger partial charge in [-0.2, -0.15) is 0 Å². The largest absolute Gasteiger partial charge is 0.495 e. The molecule has 1 N–H and O–H groups in total. The van der Waals surface area contributed by atoms with E-state index < -0.39 is 5.97 Å². The molecular weight excluding hydrogens is 330 g/mol. The third kappa shape index (κ3) is 3.44. The van der Waals surface area contributed by atoms with Gasteiger partial charge < -0.3 is 14.8 Å². The second kappa shape index (κ2) is 7.39. The van der Waals surface area contributed by atoms with Crippen LogP contribution >= 0.6 is 0 Å². The smallest absolute Gasteiger partial charge is 0.341 e. The van der Waals surface area contributed by atoms with Gasteiger partial charge in [-0.3, -0.25) is 0 Å². The molecule has 134 valence electrons. The summed E-state index contributed by atoms with van der Waals surface area (Å²) in [7, 11) is 1.61. The number of carbonyl (C=O) groups excluding carboxylic acids is 1. The number of methoxy groups -OCH3 is 1. The molecule has 2 aromatic heterocycles. The predicted octanol–water partition coefficient (Wildman–Crippen LogP) is 4.18. The van der Waals surface area contributed by atoms with Gasteiger partial charge in [-0.1, -0.05) is 6.07 Å². The predicted molar refractivity (Wildman–Crippen MR) is 101 cm³/mol. The SMILES string of the molecule is CCOC(=O)c1cnc2nc(C)ccc2c1Nc1cc(C)ccc1OC. The van der Waals surface area contributed by atoms with E-state index in [0.29, 0.717) is 22.6 Å². The Hall–Kier alpha value is -3.15. The molecule has 0 atom stereocenters. The van der Waals surface area contributed by atoms with Crippen molar-refractivity contribution in [2.45, 2.75) is 20.8 Å². The van der Waals surface area contributed by atoms with Crippen LogP contribution in [0.2, 0.25) is 0 Å². The lowest BCUT2D eigenvalue weighted by Crippen LogP contribution is -2.10. The summed E-state index contributed by atoms with van der Waals surface area (Å²) in [5.74, 6) is 0.243. The maximum absolute atomic E-state index is 12.4. The minimum Gasteiger partial charge on any atom is -0.495 e. The Morgan fingerprint density at radius 2 is 2.00 bits per heavy atom. The van der Waals surface area contributed by atoms with Crippen LogP contribution in [0.15, 0.2) is 36.5 Å². The molecule has 3 aromatic rings. The monoisotopic (exact) mass is 351 g/mol. The van der Waals surface area contributed by atoms with Crippen LogP contribution in [0.1, 0.15) is 28.5 Å². The Morgan fingerprint density at radius 1 is 1.19 bits per heavy atom. The zero-order valence-electron chi connectivity index (χ0n) is 15.3. The van der Waals surface area contributed by atoms with Crippen molar-refractivity contribution in [3.05, 3.63) is 53.3 Å². The van der Waals surface area contributed by atoms with E-state index in [2.05, 4.69) is 15.3 Å². The number of carbonyl (C=O) groups is 1. The number of nitrogens with zero attached hydrogens (tertiary/aromatic N) is 2. The van der Waals surface area contributed by atoms with Gasteiger partial charge in [0.2, 0.25) is 0 Å². The van der Waals surface area contributed by atoms with Crippen LogP contribution in [-0.2, 0) is 4.74 Å². The zero-order chi connectivity index (χ0) is 18.7. The van der Waals surface area contributed by atoms with Crippen molar-refractivity contribution in [2.24, 2.45) is 0 Å². The summed E-state index contributed by atoms with van der Waals surface area (Å²) in [5.41, 5.74) is 4.20. The minimum atomic E-state index is -0.434. The van der Waals surface area contributed by atoms with Gasteiger partial charge in [-0.05, 0) is 50.6 Å². The van der Waals surface area contributed by atoms with Crippen LogP contribution < -0.4 is 10.1 Å². The second-order valence-electron chi connectivity index (χ2n) is 5.92. The number of hydrogen-bond acceptors (Lipinski definition) is 6. The number of esters is 1. The summed E-state index contributed by atoms with van der Waals surface area (Å²) in [6, 6.07) is 9.59. The Kier molecular flexibility index (Phi) is 5.02. The number of aryl methyl sites for hydroxylation is 2. The van der Waals surface area contributed by atoms with Crippen molar-refractivity contribution >= 4 is 28.4 Å². The number of rotatable bonds is 5. The first kappa shape index (κ1) is 17.7. The molecule has 26 heavy (non-hydrogen) atoms. The summed E-state index contributed by atoms with van der Waals surface area (Å²) in [5, 5.41) is 4.07. The fraction of sp³-hybridized carbons (Fsp3) is 0.250. The maximum Gasteiger partial charge on any atom is 0.341 e. The van der Waals surface area contributed by atoms with Gasteiger partial charge in [0.15, 0.2) is 5.65 Å². The van der Waals surface area contributed by atoms with Crippen LogP contribution in [0.4, 0.5) is 11.4 Å². The van der Waals surface area contributed by atoms with E-state index in [1.807, 2.05) is 44.2 Å². The van der Waals surface area contributed by atoms with Crippen molar-refractivity contribution in [2.75, 3.05) is 19.0 Å². The molecule has 3 rings (SSSR count). The molecule has 0 amide bonds. The van der Waals surface area contributed by atoms with Crippen molar-refractivity contribution < 1.29 is 14.3 Å². The molecule has 6 nitrogen and oxygen atoms in total. The Morgan fingerprint density at radius 3 is 2.73 bits per heavy atom. The third-order valence-corrected chi connectivity index (χ3v) is 3.98. The first-order valence-corrected chi connectivity index (χ1v) is 8.38. The number of benzene rings is 1. The van der Waals surface area contributed by atoms with Gasteiger partial charge in [0.1, 0.15) is 11.3 Å². The second-order valence-corrected chi connectivity index (χ2v) is 5.92. The van der Waals surface area contributed by atoms with Gasteiger partial charge in [-0.15, -0.1) is 0 Å². The first-order valence-electron chi connectivity index (χ1n) is 8.38. The zero-order valence-corrected chi connectivity index (χ0v) is 15.3. The fourth-order valence-corrected chi connectivity index (χ4v) is 2.72. The quantitative estimate of drug-likeness (QED) is 0.695. The van der Waals surface area contributed by atoms with Gasteiger partial charge in [0, 0.05) is 17.3 Å². The lowest BCUT2D eigenvalue weighted by molar-refractivity contribution is 0.0527. The Labute approximate surface area is 152 Å². The van der Waals surface area contributed by atoms with Crippen molar-refractivity contribution in [1.82, 2.24) is 9.97 Å². The molecule has 0 saturated heterocycles. The highest BCUT2D eigenvalue weighted by Crippen LogP contribution is 2.34. The van der Waals surface area contributed by atoms with Crippen LogP contribution in [0, 0.1) is 13.8 Å². The number of nitrogens with one attached hydrogen (secondary N) is 1. The lowest BCUT2D eigenvalue weighted by Gasteiger charge is -2.16. The highest BCUT2D eigenvalue weighted by atomic mass is 16.5. The number of hydrogen-bond donors (Lipinski definition) is 1. The Bertz CT molecular complexity index is 970. The number of fused-ring (bicyclic) bond motifs is 1. The molecule has 0 unspecified atom stereocenters. The molecule has 6 heteroatoms. The normalized spacial score (nSPS) is 10.6. The van der Waals surface area contributed by atoms with E-state index in [1.165, 1.54) is 6.20 Å². The van der Waals surface area contributed by atoms with E-state index in [0.717, 1.165) is 22.3 Å². The standard InChI is InChI=1S/C20H21N3O3/c1-5-26-20(24)15-11-21-19-14(8-7-13(3)22-19)18(15)23-16-10-12(2)6-9-17(16)25-4/h6-11H,5H2,1-4H3,(H,21,22,23). The van der Waals surface area contributed by atoms with Gasteiger partial charge in [-0.25, -0.2) is 14.8 Å². The number of aromatic nitrogens is 2. The van der Waals surface area contributed by atoms with E-state index in [4.69, 9.17) is 9.47 Å². The molecule has 0 spiro atoms. The maximum atomic E-state index is 12.4. The van der Waals surface area contributed by atoms with Crippen LogP contribution in [0.25, 0.3) is 11.0 Å². The summed E-state index contributed by atoms with van der Waals surface area (Å²) >= 11 is 0. The van der Waals surface area contributed by atoms with Gasteiger partial charge >= 0.3 is 5.97 Å². The fourth-order valence-electron chi connectivity index (χ4n) is 2.72. The average Bonchev–Trinajstić information content (AvgIpc) is 2.62. The average molecular weight is 351 g/mol. The number of pyridine rings is 2. The van der Waals surface area contributed by atoms with Gasteiger partial charge in [0.25, 0.3) is 0 Å². The molecular formula is C20H21N3O3. The highest BCUT2D eigenvalue weighted by molar-refractivity contribution is 6.05. The summed E-state index contributed by atoms with van der Waals surface area (Å²) in [4.78, 5) is 21.2. The highest BCUT2D eigenvalue weighted by Gasteiger charge is 2.18. The van der Waals surface area contributed by atoms with E-state index in [9.17, 15) is 4.79 Å².